The van der Waals surface area contributed by atoms with Crippen LogP contribution in [0.25, 0.3) is 0 Å². The minimum absolute atomic E-state index is 0.670. The lowest BCUT2D eigenvalue weighted by Crippen LogP contribution is -2.29. The molecule has 1 aliphatic carbocycles. The number of allylic oxidation sites excluding steroid dienone is 1. The lowest BCUT2D eigenvalue weighted by Gasteiger charge is -2.28. The summed E-state index contributed by atoms with van der Waals surface area (Å²) in [5.74, 6) is 0. The summed E-state index contributed by atoms with van der Waals surface area (Å²) in [5, 5.41) is 3.69. The fraction of sp³-hybridized carbons (Fsp3) is 0.529. The summed E-state index contributed by atoms with van der Waals surface area (Å²) >= 11 is 0. The Bertz CT molecular complexity index is 464. The van der Waals surface area contributed by atoms with Crippen LogP contribution in [0.15, 0.2) is 30.4 Å². The maximum Gasteiger partial charge on any atom is 0.0396 e. The van der Waals surface area contributed by atoms with Crippen LogP contribution in [-0.4, -0.2) is 19.6 Å². The highest BCUT2D eigenvalue weighted by Crippen LogP contribution is 2.26. The largest absolute Gasteiger partial charge is 0.374 e. The van der Waals surface area contributed by atoms with Gasteiger partial charge in [0, 0.05) is 31.9 Å². The molecular formula is C17H24N2. The van der Waals surface area contributed by atoms with E-state index < -0.39 is 0 Å². The van der Waals surface area contributed by atoms with E-state index in [2.05, 4.69) is 47.6 Å². The molecule has 0 saturated heterocycles. The first kappa shape index (κ1) is 12.7. The van der Waals surface area contributed by atoms with Crippen LogP contribution in [0.1, 0.15) is 36.8 Å². The predicted octanol–water partition coefficient (Wildman–Crippen LogP) is 3.27. The summed E-state index contributed by atoms with van der Waals surface area (Å²) in [6.07, 6.45) is 10.8. The van der Waals surface area contributed by atoms with Crippen LogP contribution >= 0.6 is 0 Å². The third-order valence-electron chi connectivity index (χ3n) is 4.36. The van der Waals surface area contributed by atoms with E-state index in [4.69, 9.17) is 0 Å². The van der Waals surface area contributed by atoms with Gasteiger partial charge in [0.2, 0.25) is 0 Å². The Hall–Kier alpha value is -1.28. The van der Waals surface area contributed by atoms with Gasteiger partial charge >= 0.3 is 0 Å². The number of benzene rings is 1. The van der Waals surface area contributed by atoms with Gasteiger partial charge in [-0.15, -0.1) is 0 Å². The lowest BCUT2D eigenvalue weighted by atomic mass is 9.98. The van der Waals surface area contributed by atoms with Crippen LogP contribution < -0.4 is 10.2 Å². The van der Waals surface area contributed by atoms with E-state index in [-0.39, 0.29) is 0 Å². The zero-order chi connectivity index (χ0) is 13.1. The van der Waals surface area contributed by atoms with Gasteiger partial charge in [0.25, 0.3) is 0 Å². The van der Waals surface area contributed by atoms with Crippen LogP contribution in [0.2, 0.25) is 0 Å². The van der Waals surface area contributed by atoms with Gasteiger partial charge in [-0.05, 0) is 49.3 Å². The molecule has 0 amide bonds. The minimum Gasteiger partial charge on any atom is -0.374 e. The highest BCUT2D eigenvalue weighted by Gasteiger charge is 2.14. The molecule has 0 spiro atoms. The Morgan fingerprint density at radius 1 is 1.32 bits per heavy atom. The summed E-state index contributed by atoms with van der Waals surface area (Å²) in [4.78, 5) is 2.38. The van der Waals surface area contributed by atoms with Gasteiger partial charge in [-0.25, -0.2) is 0 Å². The molecule has 2 aliphatic rings. The first-order valence-corrected chi connectivity index (χ1v) is 7.54. The molecule has 1 aromatic rings. The fourth-order valence-electron chi connectivity index (χ4n) is 3.19. The first-order chi connectivity index (χ1) is 9.33. The standard InChI is InChI=1S/C17H24N2/c1-19-11-5-6-15-12-14(9-10-17(15)19)13-18-16-7-3-2-4-8-16/h2-3,9-10,12,16,18H,4-8,11,13H2,1H3. The minimum atomic E-state index is 0.670. The maximum atomic E-state index is 3.69. The molecule has 0 fully saturated rings. The number of rotatable bonds is 3. The number of fused-ring (bicyclic) bond motifs is 1. The smallest absolute Gasteiger partial charge is 0.0396 e. The van der Waals surface area contributed by atoms with Gasteiger partial charge in [0.05, 0.1) is 0 Å². The molecule has 3 rings (SSSR count). The van der Waals surface area contributed by atoms with Crippen LogP contribution in [0.5, 0.6) is 0 Å². The average molecular weight is 256 g/mol. The molecule has 0 aromatic heterocycles. The van der Waals surface area contributed by atoms with Gasteiger partial charge in [0.1, 0.15) is 0 Å². The molecule has 2 nitrogen and oxygen atoms in total. The van der Waals surface area contributed by atoms with Crippen LogP contribution in [0, 0.1) is 0 Å². The van der Waals surface area contributed by atoms with Crippen molar-refractivity contribution in [3.8, 4) is 0 Å². The molecule has 1 atom stereocenters. The van der Waals surface area contributed by atoms with E-state index in [1.54, 1.807) is 0 Å². The second-order valence-corrected chi connectivity index (χ2v) is 5.85. The van der Waals surface area contributed by atoms with Gasteiger partial charge in [-0.3, -0.25) is 0 Å². The quantitative estimate of drug-likeness (QED) is 0.835. The molecule has 1 aliphatic heterocycles. The molecule has 1 N–H and O–H groups in total. The third kappa shape index (κ3) is 3.01. The molecule has 102 valence electrons. The van der Waals surface area contributed by atoms with E-state index in [1.165, 1.54) is 55.5 Å². The van der Waals surface area contributed by atoms with E-state index in [0.29, 0.717) is 6.04 Å². The summed E-state index contributed by atoms with van der Waals surface area (Å²) < 4.78 is 0. The molecule has 19 heavy (non-hydrogen) atoms. The highest BCUT2D eigenvalue weighted by atomic mass is 15.1. The molecule has 2 heteroatoms. The topological polar surface area (TPSA) is 15.3 Å². The van der Waals surface area contributed by atoms with Crippen molar-refractivity contribution in [3.63, 3.8) is 0 Å². The molecule has 0 saturated carbocycles. The summed E-state index contributed by atoms with van der Waals surface area (Å²) in [6, 6.07) is 7.65. The Balaban J connectivity index is 1.63. The second-order valence-electron chi connectivity index (χ2n) is 5.85. The Labute approximate surface area is 116 Å². The van der Waals surface area contributed by atoms with Crippen molar-refractivity contribution in [3.05, 3.63) is 41.5 Å². The van der Waals surface area contributed by atoms with Gasteiger partial charge in [-0.2, -0.15) is 0 Å². The molecule has 1 aromatic carbocycles. The average Bonchev–Trinajstić information content (AvgIpc) is 2.46. The van der Waals surface area contributed by atoms with Crippen molar-refractivity contribution in [2.45, 2.75) is 44.7 Å². The molecular weight excluding hydrogens is 232 g/mol. The van der Waals surface area contributed by atoms with E-state index >= 15 is 0 Å². The van der Waals surface area contributed by atoms with Crippen LogP contribution in [0.4, 0.5) is 5.69 Å². The number of aryl methyl sites for hydroxylation is 1. The van der Waals surface area contributed by atoms with Gasteiger partial charge in [0.15, 0.2) is 0 Å². The number of nitrogens with zero attached hydrogens (tertiary/aromatic N) is 1. The SMILES string of the molecule is CN1CCCc2cc(CNC3CC=CCC3)ccc21. The number of nitrogens with one attached hydrogen (secondary N) is 1. The Morgan fingerprint density at radius 3 is 3.11 bits per heavy atom. The molecule has 1 unspecified atom stereocenters. The van der Waals surface area contributed by atoms with Gasteiger partial charge in [-0.1, -0.05) is 24.3 Å². The Morgan fingerprint density at radius 2 is 2.26 bits per heavy atom. The second kappa shape index (κ2) is 5.79. The zero-order valence-electron chi connectivity index (χ0n) is 11.9. The van der Waals surface area contributed by atoms with Crippen molar-refractivity contribution in [1.82, 2.24) is 5.32 Å². The third-order valence-corrected chi connectivity index (χ3v) is 4.36. The molecule has 0 radical (unpaired) electrons. The van der Waals surface area contributed by atoms with E-state index in [9.17, 15) is 0 Å². The summed E-state index contributed by atoms with van der Waals surface area (Å²) in [6.45, 7) is 2.20. The zero-order valence-corrected chi connectivity index (χ0v) is 11.9. The monoisotopic (exact) mass is 256 g/mol. The molecule has 0 bridgehead atoms. The number of hydrogen-bond acceptors (Lipinski definition) is 2. The van der Waals surface area contributed by atoms with Crippen LogP contribution in [-0.2, 0) is 13.0 Å². The van der Waals surface area contributed by atoms with E-state index in [1.807, 2.05) is 0 Å². The summed E-state index contributed by atoms with van der Waals surface area (Å²) in [5.41, 5.74) is 4.38. The summed E-state index contributed by atoms with van der Waals surface area (Å²) in [7, 11) is 2.20. The lowest BCUT2D eigenvalue weighted by molar-refractivity contribution is 0.474. The van der Waals surface area contributed by atoms with Crippen molar-refractivity contribution < 1.29 is 0 Å². The Kier molecular flexibility index (Phi) is 3.88. The normalized spacial score (nSPS) is 22.4. The first-order valence-electron chi connectivity index (χ1n) is 7.54. The van der Waals surface area contributed by atoms with E-state index in [0.717, 1.165) is 6.54 Å². The van der Waals surface area contributed by atoms with Crippen molar-refractivity contribution in [2.24, 2.45) is 0 Å². The highest BCUT2D eigenvalue weighted by molar-refractivity contribution is 5.56. The van der Waals surface area contributed by atoms with Crippen molar-refractivity contribution in [2.75, 3.05) is 18.5 Å². The number of anilines is 1. The van der Waals surface area contributed by atoms with Crippen molar-refractivity contribution in [1.29, 1.82) is 0 Å². The van der Waals surface area contributed by atoms with Crippen molar-refractivity contribution >= 4 is 5.69 Å². The predicted molar refractivity (Wildman–Crippen MR) is 81.7 cm³/mol. The van der Waals surface area contributed by atoms with Gasteiger partial charge < -0.3 is 10.2 Å². The fourth-order valence-corrected chi connectivity index (χ4v) is 3.19. The number of hydrogen-bond donors (Lipinski definition) is 1. The maximum absolute atomic E-state index is 3.69. The molecule has 1 heterocycles. The van der Waals surface area contributed by atoms with Crippen LogP contribution in [0.3, 0.4) is 0 Å².